The second kappa shape index (κ2) is 5.14. The van der Waals surface area contributed by atoms with Gasteiger partial charge in [-0.05, 0) is 24.1 Å². The summed E-state index contributed by atoms with van der Waals surface area (Å²) < 4.78 is 43.4. The minimum absolute atomic E-state index is 0.00546. The van der Waals surface area contributed by atoms with E-state index in [4.69, 9.17) is 10.5 Å². The highest BCUT2D eigenvalue weighted by Crippen LogP contribution is 2.45. The fraction of sp³-hybridized carbons (Fsp3) is 0.267. The quantitative estimate of drug-likeness (QED) is 0.855. The molecule has 1 aromatic carbocycles. The molecule has 7 heteroatoms. The number of nitriles is 1. The summed E-state index contributed by atoms with van der Waals surface area (Å²) in [6.45, 7) is 0. The molecule has 0 radical (unpaired) electrons. The highest BCUT2D eigenvalue weighted by atomic mass is 32.2. The summed E-state index contributed by atoms with van der Waals surface area (Å²) in [5.41, 5.74) is 6.31. The molecule has 1 atom stereocenters. The maximum absolute atomic E-state index is 13.1. The molecule has 0 unspecified atom stereocenters. The van der Waals surface area contributed by atoms with Gasteiger partial charge in [0.2, 0.25) is 5.88 Å². The van der Waals surface area contributed by atoms with Gasteiger partial charge in [0.25, 0.3) is 0 Å². The van der Waals surface area contributed by atoms with E-state index in [1.807, 2.05) is 6.07 Å². The van der Waals surface area contributed by atoms with Crippen LogP contribution in [-0.2, 0) is 14.6 Å². The highest BCUT2D eigenvalue weighted by Gasteiger charge is 2.41. The van der Waals surface area contributed by atoms with E-state index >= 15 is 0 Å². The van der Waals surface area contributed by atoms with Gasteiger partial charge in [0.15, 0.2) is 9.84 Å². The topological polar surface area (TPSA) is 93.2 Å². The number of rotatable bonds is 1. The maximum atomic E-state index is 13.1. The monoisotopic (exact) mass is 320 g/mol. The van der Waals surface area contributed by atoms with Gasteiger partial charge in [-0.15, -0.1) is 0 Å². The Kier molecular flexibility index (Phi) is 3.41. The Morgan fingerprint density at radius 3 is 2.64 bits per heavy atom. The van der Waals surface area contributed by atoms with Crippen LogP contribution in [-0.4, -0.2) is 14.2 Å². The molecule has 5 nitrogen and oxygen atoms in total. The lowest BCUT2D eigenvalue weighted by molar-refractivity contribution is 0.265. The van der Waals surface area contributed by atoms with Gasteiger partial charge in [-0.25, -0.2) is 12.8 Å². The molecule has 0 aliphatic carbocycles. The average Bonchev–Trinajstić information content (AvgIpc) is 2.46. The highest BCUT2D eigenvalue weighted by molar-refractivity contribution is 7.95. The van der Waals surface area contributed by atoms with Crippen molar-refractivity contribution in [3.8, 4) is 6.07 Å². The molecule has 2 aliphatic rings. The fourth-order valence-corrected chi connectivity index (χ4v) is 4.67. The molecule has 114 valence electrons. The van der Waals surface area contributed by atoms with Gasteiger partial charge in [0.05, 0.1) is 16.6 Å². The van der Waals surface area contributed by atoms with Gasteiger partial charge in [-0.1, -0.05) is 12.1 Å². The molecule has 0 spiro atoms. The van der Waals surface area contributed by atoms with Crippen molar-refractivity contribution in [2.75, 3.05) is 5.75 Å². The van der Waals surface area contributed by atoms with Gasteiger partial charge in [-0.3, -0.25) is 0 Å². The van der Waals surface area contributed by atoms with Crippen LogP contribution in [0.25, 0.3) is 0 Å². The Bertz CT molecular complexity index is 833. The van der Waals surface area contributed by atoms with Crippen molar-refractivity contribution >= 4 is 9.84 Å². The van der Waals surface area contributed by atoms with Crippen molar-refractivity contribution in [3.05, 3.63) is 57.8 Å². The Morgan fingerprint density at radius 2 is 2.00 bits per heavy atom. The third kappa shape index (κ3) is 2.25. The second-order valence-corrected chi connectivity index (χ2v) is 7.26. The van der Waals surface area contributed by atoms with Gasteiger partial charge < -0.3 is 10.5 Å². The van der Waals surface area contributed by atoms with Crippen molar-refractivity contribution in [1.82, 2.24) is 0 Å². The molecule has 22 heavy (non-hydrogen) atoms. The summed E-state index contributed by atoms with van der Waals surface area (Å²) in [5.74, 6) is -1.07. The summed E-state index contributed by atoms with van der Waals surface area (Å²) in [7, 11) is -3.54. The SMILES string of the molecule is N#CC1=C(N)OC2=C([C@@H]1c1ccc(F)cc1)S(=O)(=O)CCC2. The van der Waals surface area contributed by atoms with Crippen LogP contribution in [0.3, 0.4) is 0 Å². The third-order valence-electron chi connectivity index (χ3n) is 3.80. The van der Waals surface area contributed by atoms with E-state index in [2.05, 4.69) is 0 Å². The lowest BCUT2D eigenvalue weighted by atomic mass is 9.89. The molecule has 0 saturated heterocycles. The molecule has 2 aliphatic heterocycles. The summed E-state index contributed by atoms with van der Waals surface area (Å²) in [5, 5.41) is 9.35. The van der Waals surface area contributed by atoms with Crippen LogP contribution in [0, 0.1) is 17.1 Å². The lowest BCUT2D eigenvalue weighted by Gasteiger charge is -2.31. The number of allylic oxidation sites excluding steroid dienone is 3. The number of ether oxygens (including phenoxy) is 1. The molecular formula is C15H13FN2O3S. The molecule has 0 fully saturated rings. The van der Waals surface area contributed by atoms with Crippen LogP contribution in [0.15, 0.2) is 46.4 Å². The molecule has 2 heterocycles. The van der Waals surface area contributed by atoms with Crippen molar-refractivity contribution in [2.24, 2.45) is 5.73 Å². The van der Waals surface area contributed by atoms with E-state index in [9.17, 15) is 18.1 Å². The van der Waals surface area contributed by atoms with Crippen LogP contribution in [0.2, 0.25) is 0 Å². The number of hydrogen-bond donors (Lipinski definition) is 1. The largest absolute Gasteiger partial charge is 0.444 e. The molecule has 1 aromatic rings. The van der Waals surface area contributed by atoms with Gasteiger partial charge in [0, 0.05) is 6.42 Å². The average molecular weight is 320 g/mol. The van der Waals surface area contributed by atoms with E-state index in [0.29, 0.717) is 18.4 Å². The first-order valence-corrected chi connectivity index (χ1v) is 8.38. The summed E-state index contributed by atoms with van der Waals surface area (Å²) in [6.07, 6.45) is 0.901. The predicted molar refractivity (Wildman–Crippen MR) is 77.1 cm³/mol. The van der Waals surface area contributed by atoms with E-state index in [0.717, 1.165) is 0 Å². The Balaban J connectivity index is 2.24. The van der Waals surface area contributed by atoms with Crippen LogP contribution < -0.4 is 5.73 Å². The number of nitrogens with zero attached hydrogens (tertiary/aromatic N) is 1. The van der Waals surface area contributed by atoms with Gasteiger partial charge in [-0.2, -0.15) is 5.26 Å². The zero-order valence-electron chi connectivity index (χ0n) is 11.5. The normalized spacial score (nSPS) is 23.5. The van der Waals surface area contributed by atoms with Crippen LogP contribution >= 0.6 is 0 Å². The molecule has 3 rings (SSSR count). The third-order valence-corrected chi connectivity index (χ3v) is 5.76. The standard InChI is InChI=1S/C15H13FN2O3S/c16-10-5-3-9(4-6-10)13-11(8-17)15(18)21-12-2-1-7-22(19,20)14(12)13/h3-6,13H,1-2,7,18H2/t13-/m1/s1. The van der Waals surface area contributed by atoms with Crippen LogP contribution in [0.5, 0.6) is 0 Å². The molecule has 0 saturated carbocycles. The van der Waals surface area contributed by atoms with Crippen molar-refractivity contribution in [1.29, 1.82) is 5.26 Å². The number of hydrogen-bond acceptors (Lipinski definition) is 5. The maximum Gasteiger partial charge on any atom is 0.205 e. The first-order valence-electron chi connectivity index (χ1n) is 6.73. The summed E-state index contributed by atoms with van der Waals surface area (Å²) in [4.78, 5) is 0.0797. The summed E-state index contributed by atoms with van der Waals surface area (Å²) >= 11 is 0. The Morgan fingerprint density at radius 1 is 1.32 bits per heavy atom. The number of halogens is 1. The second-order valence-electron chi connectivity index (χ2n) is 5.19. The molecule has 2 N–H and O–H groups in total. The van der Waals surface area contributed by atoms with Crippen molar-refractivity contribution in [2.45, 2.75) is 18.8 Å². The minimum Gasteiger partial charge on any atom is -0.444 e. The fourth-order valence-electron chi connectivity index (χ4n) is 2.83. The smallest absolute Gasteiger partial charge is 0.205 e. The van der Waals surface area contributed by atoms with E-state index in [1.165, 1.54) is 24.3 Å². The van der Waals surface area contributed by atoms with Gasteiger partial charge in [0.1, 0.15) is 23.2 Å². The first-order chi connectivity index (χ1) is 10.4. The zero-order chi connectivity index (χ0) is 15.9. The van der Waals surface area contributed by atoms with E-state index < -0.39 is 21.6 Å². The predicted octanol–water partition coefficient (Wildman–Crippen LogP) is 2.05. The van der Waals surface area contributed by atoms with Crippen LogP contribution in [0.1, 0.15) is 24.3 Å². The minimum atomic E-state index is -3.54. The molecule has 0 amide bonds. The zero-order valence-corrected chi connectivity index (χ0v) is 12.4. The lowest BCUT2D eigenvalue weighted by Crippen LogP contribution is -2.29. The number of sulfone groups is 1. The van der Waals surface area contributed by atoms with Gasteiger partial charge >= 0.3 is 0 Å². The number of nitrogens with two attached hydrogens (primary N) is 1. The van der Waals surface area contributed by atoms with E-state index in [-0.39, 0.29) is 27.9 Å². The van der Waals surface area contributed by atoms with Crippen molar-refractivity contribution < 1.29 is 17.5 Å². The number of benzene rings is 1. The summed E-state index contributed by atoms with van der Waals surface area (Å²) in [6, 6.07) is 7.31. The van der Waals surface area contributed by atoms with Crippen molar-refractivity contribution in [3.63, 3.8) is 0 Å². The molecular weight excluding hydrogens is 307 g/mol. The van der Waals surface area contributed by atoms with Crippen LogP contribution in [0.4, 0.5) is 4.39 Å². The first kappa shape index (κ1) is 14.6. The Hall–Kier alpha value is -2.33. The Labute approximate surface area is 127 Å². The van der Waals surface area contributed by atoms with E-state index in [1.54, 1.807) is 0 Å². The molecule has 0 bridgehead atoms. The molecule has 0 aromatic heterocycles.